The van der Waals surface area contributed by atoms with Crippen LogP contribution in [-0.4, -0.2) is 34.1 Å². The number of hydrogen-bond acceptors (Lipinski definition) is 5. The molecule has 1 atom stereocenters. The van der Waals surface area contributed by atoms with Gasteiger partial charge in [-0.3, -0.25) is 4.79 Å². The third-order valence-corrected chi connectivity index (χ3v) is 7.82. The highest BCUT2D eigenvalue weighted by Crippen LogP contribution is 2.46. The summed E-state index contributed by atoms with van der Waals surface area (Å²) in [6.07, 6.45) is 7.83. The van der Waals surface area contributed by atoms with Crippen molar-refractivity contribution in [2.24, 2.45) is 5.16 Å². The largest absolute Gasteiger partial charge is 0.478 e. The van der Waals surface area contributed by atoms with Crippen molar-refractivity contribution in [3.8, 4) is 0 Å². The zero-order valence-corrected chi connectivity index (χ0v) is 24.0. The van der Waals surface area contributed by atoms with E-state index in [9.17, 15) is 19.8 Å². The van der Waals surface area contributed by atoms with Crippen molar-refractivity contribution < 1.29 is 24.6 Å². The van der Waals surface area contributed by atoms with Crippen LogP contribution in [0, 0.1) is 0 Å². The summed E-state index contributed by atoms with van der Waals surface area (Å²) >= 11 is 0. The Balaban J connectivity index is 1.89. The predicted octanol–water partition coefficient (Wildman–Crippen LogP) is 7.16. The lowest BCUT2D eigenvalue weighted by atomic mass is 9.63. The Bertz CT molecular complexity index is 1180. The quantitative estimate of drug-likeness (QED) is 0.109. The number of aromatic carboxylic acids is 1. The van der Waals surface area contributed by atoms with Gasteiger partial charge in [0.2, 0.25) is 6.29 Å². The van der Waals surface area contributed by atoms with Gasteiger partial charge in [0.25, 0.3) is 5.91 Å². The second kappa shape index (κ2) is 13.2. The van der Waals surface area contributed by atoms with Crippen molar-refractivity contribution in [3.63, 3.8) is 0 Å². The summed E-state index contributed by atoms with van der Waals surface area (Å²) < 4.78 is 0. The molecule has 1 aliphatic carbocycles. The van der Waals surface area contributed by atoms with Crippen molar-refractivity contribution in [2.75, 3.05) is 5.32 Å². The number of benzene rings is 2. The molecule has 0 aliphatic heterocycles. The van der Waals surface area contributed by atoms with E-state index in [-0.39, 0.29) is 27.8 Å². The fourth-order valence-corrected chi connectivity index (χ4v) is 5.19. The summed E-state index contributed by atoms with van der Waals surface area (Å²) in [5, 5.41) is 26.8. The summed E-state index contributed by atoms with van der Waals surface area (Å²) in [6.45, 7) is 11.0. The van der Waals surface area contributed by atoms with Crippen molar-refractivity contribution in [2.45, 2.75) is 110 Å². The molecule has 7 nitrogen and oxygen atoms in total. The maximum absolute atomic E-state index is 13.5. The fourth-order valence-electron chi connectivity index (χ4n) is 5.19. The van der Waals surface area contributed by atoms with Gasteiger partial charge in [0.15, 0.2) is 5.71 Å². The maximum atomic E-state index is 13.5. The number of aliphatic hydroxyl groups is 1. The highest BCUT2D eigenvalue weighted by molar-refractivity contribution is 6.49. The lowest BCUT2D eigenvalue weighted by Crippen LogP contribution is -2.34. The highest BCUT2D eigenvalue weighted by Gasteiger charge is 2.37. The van der Waals surface area contributed by atoms with E-state index >= 15 is 0 Å². The molecule has 0 bridgehead atoms. The molecule has 2 aromatic rings. The van der Waals surface area contributed by atoms with Crippen LogP contribution in [0.3, 0.4) is 0 Å². The van der Waals surface area contributed by atoms with Crippen LogP contribution in [0.5, 0.6) is 0 Å². The smallest absolute Gasteiger partial charge is 0.337 e. The Labute approximate surface area is 232 Å². The summed E-state index contributed by atoms with van der Waals surface area (Å²) in [7, 11) is 0. The van der Waals surface area contributed by atoms with Crippen LogP contribution in [-0.2, 0) is 20.5 Å². The Hall–Kier alpha value is -3.19. The summed E-state index contributed by atoms with van der Waals surface area (Å²) in [5.74, 6) is -1.75. The first-order valence-corrected chi connectivity index (χ1v) is 14.2. The normalized spacial score (nSPS) is 16.7. The summed E-state index contributed by atoms with van der Waals surface area (Å²) in [5.41, 5.74) is 2.98. The average Bonchev–Trinajstić information content (AvgIpc) is 2.89. The van der Waals surface area contributed by atoms with E-state index in [1.54, 1.807) is 12.1 Å². The van der Waals surface area contributed by atoms with Crippen molar-refractivity contribution in [1.82, 2.24) is 0 Å². The van der Waals surface area contributed by atoms with Gasteiger partial charge in [-0.1, -0.05) is 96.1 Å². The molecule has 0 fully saturated rings. The molecule has 2 aromatic carbocycles. The molecule has 39 heavy (non-hydrogen) atoms. The maximum Gasteiger partial charge on any atom is 0.337 e. The van der Waals surface area contributed by atoms with Gasteiger partial charge in [-0.25, -0.2) is 4.79 Å². The summed E-state index contributed by atoms with van der Waals surface area (Å²) in [4.78, 5) is 30.6. The lowest BCUT2D eigenvalue weighted by molar-refractivity contribution is -0.113. The molecule has 0 aromatic heterocycles. The predicted molar refractivity (Wildman–Crippen MR) is 155 cm³/mol. The molecule has 1 unspecified atom stereocenters. The molecule has 0 radical (unpaired) electrons. The number of anilines is 1. The molecule has 7 heteroatoms. The van der Waals surface area contributed by atoms with E-state index in [4.69, 9.17) is 4.84 Å². The summed E-state index contributed by atoms with van der Waals surface area (Å²) in [6, 6.07) is 12.1. The SMILES string of the molecule is CCCCCCCCC(O)O/N=C(/C(=O)Nc1ccccc1C(=O)O)c1ccc2c(c1)C(C)(C)CCC2(C)C. The van der Waals surface area contributed by atoms with Gasteiger partial charge in [-0.05, 0) is 59.4 Å². The van der Waals surface area contributed by atoms with Gasteiger partial charge < -0.3 is 20.4 Å². The minimum Gasteiger partial charge on any atom is -0.478 e. The number of rotatable bonds is 13. The number of nitrogens with one attached hydrogen (secondary N) is 1. The zero-order chi connectivity index (χ0) is 28.6. The Morgan fingerprint density at radius 3 is 2.28 bits per heavy atom. The van der Waals surface area contributed by atoms with Crippen LogP contribution in [0.25, 0.3) is 0 Å². The molecule has 0 saturated heterocycles. The molecule has 3 rings (SSSR count). The number of carboxylic acid groups (broad SMARTS) is 1. The van der Waals surface area contributed by atoms with Crippen molar-refractivity contribution in [1.29, 1.82) is 0 Å². The first kappa shape index (κ1) is 30.4. The fraction of sp³-hybridized carbons (Fsp3) is 0.531. The first-order chi connectivity index (χ1) is 18.5. The van der Waals surface area contributed by atoms with Crippen LogP contribution >= 0.6 is 0 Å². The number of nitrogens with zero attached hydrogens (tertiary/aromatic N) is 1. The molecular formula is C32H44N2O5. The van der Waals surface area contributed by atoms with Crippen LogP contribution in [0.15, 0.2) is 47.6 Å². The minimum absolute atomic E-state index is 0.00714. The van der Waals surface area contributed by atoms with Crippen molar-refractivity contribution >= 4 is 23.3 Å². The Kier molecular flexibility index (Phi) is 10.3. The topological polar surface area (TPSA) is 108 Å². The standard InChI is InChI=1S/C32H44N2O5/c1-6-7-8-9-10-11-16-27(35)39-34-28(29(36)33-26-15-13-12-14-23(26)30(37)38)22-17-18-24-25(21-22)32(4,5)20-19-31(24,2)3/h12-15,17-18,21,27,35H,6-11,16,19-20H2,1-5H3,(H,33,36)(H,37,38)/b34-28+. The number of carbonyl (C=O) groups is 2. The zero-order valence-electron chi connectivity index (χ0n) is 24.0. The van der Waals surface area contributed by atoms with Gasteiger partial charge in [0.05, 0.1) is 11.3 Å². The van der Waals surface area contributed by atoms with Gasteiger partial charge >= 0.3 is 5.97 Å². The molecule has 0 spiro atoms. The number of fused-ring (bicyclic) bond motifs is 1. The number of carbonyl (C=O) groups excluding carboxylic acids is 1. The van der Waals surface area contributed by atoms with E-state index in [0.29, 0.717) is 12.0 Å². The number of unbranched alkanes of at least 4 members (excludes halogenated alkanes) is 5. The van der Waals surface area contributed by atoms with Crippen LogP contribution in [0.4, 0.5) is 5.69 Å². The second-order valence-corrected chi connectivity index (χ2v) is 11.9. The average molecular weight is 537 g/mol. The third kappa shape index (κ3) is 7.91. The first-order valence-electron chi connectivity index (χ1n) is 14.2. The number of amides is 1. The highest BCUT2D eigenvalue weighted by atomic mass is 16.7. The van der Waals surface area contributed by atoms with E-state index < -0.39 is 18.2 Å². The van der Waals surface area contributed by atoms with Crippen molar-refractivity contribution in [3.05, 3.63) is 64.7 Å². The van der Waals surface area contributed by atoms with Crippen LogP contribution in [0.1, 0.15) is 119 Å². The molecule has 212 valence electrons. The van der Waals surface area contributed by atoms with E-state index in [0.717, 1.165) is 37.7 Å². The molecule has 1 aliphatic rings. The number of aliphatic hydroxyl groups excluding tert-OH is 1. The number of hydrogen-bond donors (Lipinski definition) is 3. The number of para-hydroxylation sites is 1. The van der Waals surface area contributed by atoms with Crippen LogP contribution < -0.4 is 5.32 Å². The van der Waals surface area contributed by atoms with Gasteiger partial charge in [0.1, 0.15) is 0 Å². The lowest BCUT2D eigenvalue weighted by Gasteiger charge is -2.42. The monoisotopic (exact) mass is 536 g/mol. The van der Waals surface area contributed by atoms with Gasteiger partial charge in [-0.2, -0.15) is 0 Å². The Morgan fingerprint density at radius 1 is 0.949 bits per heavy atom. The van der Waals surface area contributed by atoms with E-state index in [2.05, 4.69) is 45.1 Å². The molecular weight excluding hydrogens is 492 g/mol. The Morgan fingerprint density at radius 2 is 1.59 bits per heavy atom. The van der Waals surface area contributed by atoms with Gasteiger partial charge in [0, 0.05) is 12.0 Å². The molecule has 1 amide bonds. The van der Waals surface area contributed by atoms with Crippen LogP contribution in [0.2, 0.25) is 0 Å². The molecule has 0 saturated carbocycles. The van der Waals surface area contributed by atoms with Gasteiger partial charge in [-0.15, -0.1) is 0 Å². The minimum atomic E-state index is -1.15. The molecule has 3 N–H and O–H groups in total. The number of carboxylic acids is 1. The second-order valence-electron chi connectivity index (χ2n) is 11.9. The third-order valence-electron chi connectivity index (χ3n) is 7.82. The van der Waals surface area contributed by atoms with E-state index in [1.165, 1.54) is 37.0 Å². The molecule has 0 heterocycles. The number of oxime groups is 1. The van der Waals surface area contributed by atoms with E-state index in [1.807, 2.05) is 18.2 Å².